The summed E-state index contributed by atoms with van der Waals surface area (Å²) in [6.45, 7) is 11.2. The van der Waals surface area contributed by atoms with Crippen molar-refractivity contribution in [2.75, 3.05) is 18.0 Å². The van der Waals surface area contributed by atoms with Crippen molar-refractivity contribution < 1.29 is 0 Å². The van der Waals surface area contributed by atoms with E-state index in [2.05, 4.69) is 93.3 Å². The van der Waals surface area contributed by atoms with E-state index in [1.165, 1.54) is 44.6 Å². The van der Waals surface area contributed by atoms with Gasteiger partial charge in [0.15, 0.2) is 0 Å². The van der Waals surface area contributed by atoms with Crippen LogP contribution in [0.15, 0.2) is 60.7 Å². The van der Waals surface area contributed by atoms with Crippen molar-refractivity contribution >= 4 is 5.69 Å². The molecule has 27 heavy (non-hydrogen) atoms. The van der Waals surface area contributed by atoms with Crippen LogP contribution in [0.1, 0.15) is 37.5 Å². The molecule has 0 amide bonds. The summed E-state index contributed by atoms with van der Waals surface area (Å²) < 4.78 is 0. The smallest absolute Gasteiger partial charge is 0.0372 e. The second-order valence-corrected chi connectivity index (χ2v) is 8.14. The SMILES string of the molecule is CCN(CC(C)C)c1ccc2c(c1)-c1cc(C)c(-c3ccccc3)cc1C2. The van der Waals surface area contributed by atoms with E-state index in [1.807, 2.05) is 0 Å². The van der Waals surface area contributed by atoms with Crippen LogP contribution in [0, 0.1) is 12.8 Å². The monoisotopic (exact) mass is 355 g/mol. The lowest BCUT2D eigenvalue weighted by Gasteiger charge is -2.25. The second kappa shape index (κ2) is 7.23. The molecule has 0 aromatic heterocycles. The van der Waals surface area contributed by atoms with Gasteiger partial charge in [-0.3, -0.25) is 0 Å². The average molecular weight is 356 g/mol. The van der Waals surface area contributed by atoms with Crippen molar-refractivity contribution in [2.24, 2.45) is 5.92 Å². The maximum Gasteiger partial charge on any atom is 0.0372 e. The Balaban J connectivity index is 1.74. The van der Waals surface area contributed by atoms with Gasteiger partial charge in [-0.2, -0.15) is 0 Å². The van der Waals surface area contributed by atoms with Crippen LogP contribution in [0.2, 0.25) is 0 Å². The van der Waals surface area contributed by atoms with Gasteiger partial charge in [-0.1, -0.05) is 56.3 Å². The van der Waals surface area contributed by atoms with E-state index in [0.717, 1.165) is 19.5 Å². The Morgan fingerprint density at radius 3 is 2.30 bits per heavy atom. The Morgan fingerprint density at radius 1 is 0.852 bits per heavy atom. The Labute approximate surface area is 163 Å². The largest absolute Gasteiger partial charge is 0.372 e. The lowest BCUT2D eigenvalue weighted by molar-refractivity contribution is 0.619. The highest BCUT2D eigenvalue weighted by Gasteiger charge is 2.21. The maximum atomic E-state index is 2.49. The van der Waals surface area contributed by atoms with Crippen LogP contribution in [-0.2, 0) is 6.42 Å². The van der Waals surface area contributed by atoms with E-state index in [1.54, 1.807) is 0 Å². The molecule has 3 aromatic carbocycles. The molecule has 1 heteroatoms. The minimum absolute atomic E-state index is 0.668. The first-order chi connectivity index (χ1) is 13.1. The molecule has 138 valence electrons. The average Bonchev–Trinajstić information content (AvgIpc) is 3.02. The lowest BCUT2D eigenvalue weighted by Crippen LogP contribution is -2.27. The highest BCUT2D eigenvalue weighted by atomic mass is 15.1. The summed E-state index contributed by atoms with van der Waals surface area (Å²) in [4.78, 5) is 2.49. The Bertz CT molecular complexity index is 953. The van der Waals surface area contributed by atoms with Gasteiger partial charge < -0.3 is 4.90 Å². The summed E-state index contributed by atoms with van der Waals surface area (Å²) in [5.41, 5.74) is 11.1. The van der Waals surface area contributed by atoms with Crippen LogP contribution >= 0.6 is 0 Å². The summed E-state index contributed by atoms with van der Waals surface area (Å²) in [7, 11) is 0. The van der Waals surface area contributed by atoms with Crippen LogP contribution in [0.4, 0.5) is 5.69 Å². The first-order valence-corrected chi connectivity index (χ1v) is 10.1. The molecule has 0 atom stereocenters. The Hall–Kier alpha value is -2.54. The number of aryl methyl sites for hydroxylation is 1. The summed E-state index contributed by atoms with van der Waals surface area (Å²) in [6, 6.07) is 22.6. The van der Waals surface area contributed by atoms with Crippen LogP contribution < -0.4 is 4.90 Å². The molecule has 3 aromatic rings. The van der Waals surface area contributed by atoms with E-state index in [9.17, 15) is 0 Å². The fourth-order valence-corrected chi connectivity index (χ4v) is 4.31. The van der Waals surface area contributed by atoms with E-state index in [-0.39, 0.29) is 0 Å². The quantitative estimate of drug-likeness (QED) is 0.384. The lowest BCUT2D eigenvalue weighted by atomic mass is 9.94. The third-order valence-corrected chi connectivity index (χ3v) is 5.63. The predicted octanol–water partition coefficient (Wildman–Crippen LogP) is 6.72. The van der Waals surface area contributed by atoms with Crippen molar-refractivity contribution in [2.45, 2.75) is 34.1 Å². The minimum atomic E-state index is 0.668. The number of rotatable bonds is 5. The Morgan fingerprint density at radius 2 is 1.59 bits per heavy atom. The van der Waals surface area contributed by atoms with Gasteiger partial charge in [0.2, 0.25) is 0 Å². The topological polar surface area (TPSA) is 3.24 Å². The zero-order valence-electron chi connectivity index (χ0n) is 16.9. The third-order valence-electron chi connectivity index (χ3n) is 5.63. The number of anilines is 1. The van der Waals surface area contributed by atoms with Crippen molar-refractivity contribution in [3.63, 3.8) is 0 Å². The van der Waals surface area contributed by atoms with E-state index >= 15 is 0 Å². The molecule has 0 spiro atoms. The molecule has 0 unspecified atom stereocenters. The minimum Gasteiger partial charge on any atom is -0.372 e. The standard InChI is InChI=1S/C26H29N/c1-5-27(17-18(2)3)23-12-11-21-14-22-15-24(20-9-7-6-8-10-20)19(4)13-25(22)26(21)16-23/h6-13,15-16,18H,5,14,17H2,1-4H3. The van der Waals surface area contributed by atoms with E-state index in [0.29, 0.717) is 5.92 Å². The zero-order valence-corrected chi connectivity index (χ0v) is 16.9. The van der Waals surface area contributed by atoms with Crippen molar-refractivity contribution in [1.29, 1.82) is 0 Å². The molecule has 0 saturated heterocycles. The predicted molar refractivity (Wildman–Crippen MR) is 118 cm³/mol. The van der Waals surface area contributed by atoms with Gasteiger partial charge in [0, 0.05) is 18.8 Å². The first-order valence-electron chi connectivity index (χ1n) is 10.1. The van der Waals surface area contributed by atoms with Crippen LogP contribution in [-0.4, -0.2) is 13.1 Å². The van der Waals surface area contributed by atoms with Gasteiger partial charge in [-0.25, -0.2) is 0 Å². The number of fused-ring (bicyclic) bond motifs is 3. The summed E-state index contributed by atoms with van der Waals surface area (Å²) >= 11 is 0. The Kier molecular flexibility index (Phi) is 4.78. The van der Waals surface area contributed by atoms with Crippen molar-refractivity contribution in [3.05, 3.63) is 77.4 Å². The molecule has 0 N–H and O–H groups in total. The molecule has 4 rings (SSSR count). The van der Waals surface area contributed by atoms with E-state index < -0.39 is 0 Å². The molecule has 0 heterocycles. The molecular weight excluding hydrogens is 326 g/mol. The molecule has 0 radical (unpaired) electrons. The summed E-state index contributed by atoms with van der Waals surface area (Å²) in [5.74, 6) is 0.668. The molecule has 1 aliphatic rings. The number of hydrogen-bond acceptors (Lipinski definition) is 1. The molecule has 0 bridgehead atoms. The normalized spacial score (nSPS) is 12.2. The van der Waals surface area contributed by atoms with Gasteiger partial charge in [0.1, 0.15) is 0 Å². The van der Waals surface area contributed by atoms with E-state index in [4.69, 9.17) is 0 Å². The van der Waals surface area contributed by atoms with Crippen LogP contribution in [0.3, 0.4) is 0 Å². The molecule has 1 aliphatic carbocycles. The van der Waals surface area contributed by atoms with Gasteiger partial charge in [0.25, 0.3) is 0 Å². The van der Waals surface area contributed by atoms with Crippen molar-refractivity contribution in [1.82, 2.24) is 0 Å². The van der Waals surface area contributed by atoms with Crippen molar-refractivity contribution in [3.8, 4) is 22.3 Å². The third kappa shape index (κ3) is 3.39. The molecule has 1 nitrogen and oxygen atoms in total. The van der Waals surface area contributed by atoms with Gasteiger partial charge >= 0.3 is 0 Å². The molecule has 0 fully saturated rings. The van der Waals surface area contributed by atoms with Crippen LogP contribution in [0.25, 0.3) is 22.3 Å². The summed E-state index contributed by atoms with van der Waals surface area (Å²) in [5, 5.41) is 0. The highest BCUT2D eigenvalue weighted by Crippen LogP contribution is 2.41. The molecular formula is C26H29N. The van der Waals surface area contributed by atoms with Gasteiger partial charge in [-0.05, 0) is 83.3 Å². The molecule has 0 aliphatic heterocycles. The first kappa shape index (κ1) is 17.9. The van der Waals surface area contributed by atoms with Gasteiger partial charge in [-0.15, -0.1) is 0 Å². The number of hydrogen-bond donors (Lipinski definition) is 0. The zero-order chi connectivity index (χ0) is 19.0. The van der Waals surface area contributed by atoms with Crippen LogP contribution in [0.5, 0.6) is 0 Å². The fraction of sp³-hybridized carbons (Fsp3) is 0.308. The summed E-state index contributed by atoms with van der Waals surface area (Å²) in [6.07, 6.45) is 1.04. The van der Waals surface area contributed by atoms with Gasteiger partial charge in [0.05, 0.1) is 0 Å². The molecule has 0 saturated carbocycles. The highest BCUT2D eigenvalue weighted by molar-refractivity contribution is 5.83. The second-order valence-electron chi connectivity index (χ2n) is 8.14. The number of benzene rings is 3. The fourth-order valence-electron chi connectivity index (χ4n) is 4.31. The number of nitrogens with zero attached hydrogens (tertiary/aromatic N) is 1. The maximum absolute atomic E-state index is 2.49.